The number of nitrogens with one attached hydrogen (secondary N) is 2. The summed E-state index contributed by atoms with van der Waals surface area (Å²) in [4.78, 5) is 20.3. The van der Waals surface area contributed by atoms with Gasteiger partial charge in [0.1, 0.15) is 5.82 Å². The van der Waals surface area contributed by atoms with Crippen molar-refractivity contribution in [2.45, 2.75) is 40.2 Å². The predicted octanol–water partition coefficient (Wildman–Crippen LogP) is 3.15. The summed E-state index contributed by atoms with van der Waals surface area (Å²) in [5.41, 5.74) is 8.26. The van der Waals surface area contributed by atoms with Crippen LogP contribution in [-0.2, 0) is 0 Å². The van der Waals surface area contributed by atoms with Crippen LogP contribution in [0.3, 0.4) is 0 Å². The van der Waals surface area contributed by atoms with Crippen LogP contribution in [0.5, 0.6) is 0 Å². The molecule has 0 saturated heterocycles. The highest BCUT2D eigenvalue weighted by Crippen LogP contribution is 2.24. The first-order valence-corrected chi connectivity index (χ1v) is 7.45. The lowest BCUT2D eigenvalue weighted by atomic mass is 10.1. The van der Waals surface area contributed by atoms with E-state index in [4.69, 9.17) is 5.73 Å². The Kier molecular flexibility index (Phi) is 4.54. The molecule has 1 aromatic carbocycles. The van der Waals surface area contributed by atoms with Crippen molar-refractivity contribution >= 4 is 23.4 Å². The number of carbonyl (C=O) groups is 1. The molecule has 122 valence electrons. The summed E-state index contributed by atoms with van der Waals surface area (Å²) in [5.74, 6) is 0.798. The van der Waals surface area contributed by atoms with Crippen molar-refractivity contribution in [3.05, 3.63) is 41.1 Å². The smallest absolute Gasteiger partial charge is 0.249 e. The van der Waals surface area contributed by atoms with Gasteiger partial charge in [0.05, 0.1) is 0 Å². The number of nitrogens with two attached hydrogens (primary N) is 1. The predicted molar refractivity (Wildman–Crippen MR) is 93.1 cm³/mol. The van der Waals surface area contributed by atoms with Crippen molar-refractivity contribution in [3.63, 3.8) is 0 Å². The number of aromatic nitrogens is 2. The van der Waals surface area contributed by atoms with Crippen molar-refractivity contribution < 1.29 is 4.79 Å². The van der Waals surface area contributed by atoms with E-state index in [2.05, 4.69) is 20.6 Å². The van der Waals surface area contributed by atoms with E-state index in [1.807, 2.05) is 40.7 Å². The van der Waals surface area contributed by atoms with Crippen molar-refractivity contribution in [2.24, 2.45) is 5.73 Å². The molecule has 1 aromatic heterocycles. The van der Waals surface area contributed by atoms with Gasteiger partial charge in [0.25, 0.3) is 0 Å². The number of hydrogen-bond donors (Lipinski definition) is 3. The number of anilines is 3. The number of nitrogens with zero attached hydrogens (tertiary/aromatic N) is 2. The van der Waals surface area contributed by atoms with Crippen LogP contribution in [0.2, 0.25) is 0 Å². The van der Waals surface area contributed by atoms with Crippen LogP contribution in [0.15, 0.2) is 24.4 Å². The Morgan fingerprint density at radius 2 is 1.91 bits per heavy atom. The lowest BCUT2D eigenvalue weighted by Gasteiger charge is -2.21. The summed E-state index contributed by atoms with van der Waals surface area (Å²) in [6, 6.07) is 5.39. The normalized spacial score (nSPS) is 11.2. The lowest BCUT2D eigenvalue weighted by Crippen LogP contribution is -2.27. The molecule has 1 amide bonds. The number of aryl methyl sites for hydroxylation is 1. The average Bonchev–Trinajstić information content (AvgIpc) is 2.42. The Balaban J connectivity index is 2.35. The van der Waals surface area contributed by atoms with E-state index in [0.717, 1.165) is 16.8 Å². The molecule has 2 aromatic rings. The second-order valence-corrected chi connectivity index (χ2v) is 6.57. The first-order chi connectivity index (χ1) is 10.7. The van der Waals surface area contributed by atoms with E-state index >= 15 is 0 Å². The fraction of sp³-hybridized carbons (Fsp3) is 0.353. The zero-order chi connectivity index (χ0) is 17.2. The molecule has 0 unspecified atom stereocenters. The summed E-state index contributed by atoms with van der Waals surface area (Å²) in [5, 5.41) is 6.51. The van der Waals surface area contributed by atoms with Gasteiger partial charge >= 0.3 is 0 Å². The summed E-state index contributed by atoms with van der Waals surface area (Å²) in [6.07, 6.45) is 1.76. The highest BCUT2D eigenvalue weighted by Gasteiger charge is 2.14. The van der Waals surface area contributed by atoms with Crippen LogP contribution in [-0.4, -0.2) is 21.4 Å². The standard InChI is InChI=1S/C17H23N5O/c1-10-9-19-16(22-17(3,4)5)21-15(10)20-13-8-6-7-12(11(13)2)14(18)23/h6-9H,1-5H3,(H2,18,23)(H2,19,20,21,22). The fourth-order valence-electron chi connectivity index (χ4n) is 2.13. The van der Waals surface area contributed by atoms with Gasteiger partial charge in [-0.2, -0.15) is 4.98 Å². The third-order valence-electron chi connectivity index (χ3n) is 3.31. The summed E-state index contributed by atoms with van der Waals surface area (Å²) < 4.78 is 0. The highest BCUT2D eigenvalue weighted by atomic mass is 16.1. The minimum absolute atomic E-state index is 0.131. The number of primary amides is 1. The molecule has 0 fully saturated rings. The van der Waals surface area contributed by atoms with Crippen molar-refractivity contribution in [2.75, 3.05) is 10.6 Å². The Morgan fingerprint density at radius 1 is 1.22 bits per heavy atom. The fourth-order valence-corrected chi connectivity index (χ4v) is 2.13. The molecule has 1 heterocycles. The maximum absolute atomic E-state index is 11.5. The van der Waals surface area contributed by atoms with E-state index in [-0.39, 0.29) is 5.54 Å². The van der Waals surface area contributed by atoms with Crippen molar-refractivity contribution in [1.29, 1.82) is 0 Å². The van der Waals surface area contributed by atoms with Gasteiger partial charge in [0.2, 0.25) is 11.9 Å². The molecule has 23 heavy (non-hydrogen) atoms. The maximum atomic E-state index is 11.5. The molecule has 0 bridgehead atoms. The van der Waals surface area contributed by atoms with Gasteiger partial charge < -0.3 is 16.4 Å². The van der Waals surface area contributed by atoms with E-state index in [1.165, 1.54) is 0 Å². The van der Waals surface area contributed by atoms with Gasteiger partial charge in [-0.3, -0.25) is 4.79 Å². The Morgan fingerprint density at radius 3 is 2.52 bits per heavy atom. The van der Waals surface area contributed by atoms with Crippen LogP contribution < -0.4 is 16.4 Å². The van der Waals surface area contributed by atoms with Crippen molar-refractivity contribution in [1.82, 2.24) is 9.97 Å². The van der Waals surface area contributed by atoms with E-state index in [9.17, 15) is 4.79 Å². The molecule has 0 aliphatic rings. The van der Waals surface area contributed by atoms with E-state index < -0.39 is 5.91 Å². The number of hydrogen-bond acceptors (Lipinski definition) is 5. The molecular formula is C17H23N5O. The molecule has 6 nitrogen and oxygen atoms in total. The summed E-state index contributed by atoms with van der Waals surface area (Å²) in [7, 11) is 0. The van der Waals surface area contributed by atoms with Crippen LogP contribution in [0, 0.1) is 13.8 Å². The third kappa shape index (κ3) is 4.18. The number of rotatable bonds is 4. The van der Waals surface area contributed by atoms with Crippen LogP contribution in [0.25, 0.3) is 0 Å². The maximum Gasteiger partial charge on any atom is 0.249 e. The average molecular weight is 313 g/mol. The first-order valence-electron chi connectivity index (χ1n) is 7.45. The van der Waals surface area contributed by atoms with Gasteiger partial charge in [-0.1, -0.05) is 6.07 Å². The summed E-state index contributed by atoms with van der Waals surface area (Å²) in [6.45, 7) is 9.92. The lowest BCUT2D eigenvalue weighted by molar-refractivity contribution is 0.1000. The number of amides is 1. The van der Waals surface area contributed by atoms with Gasteiger partial charge in [-0.15, -0.1) is 0 Å². The molecule has 2 rings (SSSR count). The first kappa shape index (κ1) is 16.7. The second kappa shape index (κ2) is 6.24. The van der Waals surface area contributed by atoms with E-state index in [1.54, 1.807) is 18.3 Å². The molecule has 0 aliphatic carbocycles. The SMILES string of the molecule is Cc1cnc(NC(C)(C)C)nc1Nc1cccc(C(N)=O)c1C. The molecule has 0 radical (unpaired) electrons. The topological polar surface area (TPSA) is 92.9 Å². The minimum atomic E-state index is -0.444. The van der Waals surface area contributed by atoms with Gasteiger partial charge in [0, 0.05) is 28.6 Å². The molecular weight excluding hydrogens is 290 g/mol. The highest BCUT2D eigenvalue weighted by molar-refractivity contribution is 5.96. The van der Waals surface area contributed by atoms with E-state index in [0.29, 0.717) is 17.3 Å². The Hall–Kier alpha value is -2.63. The molecule has 4 N–H and O–H groups in total. The minimum Gasteiger partial charge on any atom is -0.366 e. The zero-order valence-electron chi connectivity index (χ0n) is 14.2. The molecule has 0 saturated carbocycles. The Bertz CT molecular complexity index is 734. The number of carbonyl (C=O) groups excluding carboxylic acids is 1. The number of benzene rings is 1. The molecule has 6 heteroatoms. The zero-order valence-corrected chi connectivity index (χ0v) is 14.2. The van der Waals surface area contributed by atoms with Gasteiger partial charge in [0.15, 0.2) is 0 Å². The Labute approximate surface area is 136 Å². The van der Waals surface area contributed by atoms with Crippen LogP contribution >= 0.6 is 0 Å². The molecule has 0 spiro atoms. The second-order valence-electron chi connectivity index (χ2n) is 6.57. The van der Waals surface area contributed by atoms with Crippen LogP contribution in [0.4, 0.5) is 17.5 Å². The van der Waals surface area contributed by atoms with Gasteiger partial charge in [-0.25, -0.2) is 4.98 Å². The molecule has 0 aliphatic heterocycles. The summed E-state index contributed by atoms with van der Waals surface area (Å²) >= 11 is 0. The largest absolute Gasteiger partial charge is 0.366 e. The van der Waals surface area contributed by atoms with Crippen molar-refractivity contribution in [3.8, 4) is 0 Å². The van der Waals surface area contributed by atoms with Gasteiger partial charge in [-0.05, 0) is 52.3 Å². The third-order valence-corrected chi connectivity index (χ3v) is 3.31. The molecule has 0 atom stereocenters. The quantitative estimate of drug-likeness (QED) is 0.806. The van der Waals surface area contributed by atoms with Crippen LogP contribution in [0.1, 0.15) is 42.3 Å². The monoisotopic (exact) mass is 313 g/mol.